The summed E-state index contributed by atoms with van der Waals surface area (Å²) in [6, 6.07) is 10.3. The molecule has 3 aromatic rings. The fourth-order valence-electron chi connectivity index (χ4n) is 3.91. The van der Waals surface area contributed by atoms with Gasteiger partial charge in [-0.1, -0.05) is 25.1 Å². The van der Waals surface area contributed by atoms with E-state index in [0.717, 1.165) is 43.6 Å². The minimum absolute atomic E-state index is 0.220. The molecule has 0 bridgehead atoms. The van der Waals surface area contributed by atoms with Crippen LogP contribution in [0.4, 0.5) is 5.95 Å². The lowest BCUT2D eigenvalue weighted by Gasteiger charge is -2.16. The SMILES string of the molecule is CCCNc1ncc(CN2CC(O)C(Cc3ccnc4ccccc34)C2)cn1. The summed E-state index contributed by atoms with van der Waals surface area (Å²) >= 11 is 0. The molecule has 0 spiro atoms. The van der Waals surface area contributed by atoms with E-state index in [0.29, 0.717) is 12.5 Å². The lowest BCUT2D eigenvalue weighted by atomic mass is 9.94. The molecule has 0 saturated carbocycles. The molecule has 0 aliphatic carbocycles. The highest BCUT2D eigenvalue weighted by Gasteiger charge is 2.31. The summed E-state index contributed by atoms with van der Waals surface area (Å²) in [6.07, 6.45) is 7.20. The first-order valence-corrected chi connectivity index (χ1v) is 10.0. The van der Waals surface area contributed by atoms with E-state index < -0.39 is 0 Å². The zero-order valence-corrected chi connectivity index (χ0v) is 16.3. The summed E-state index contributed by atoms with van der Waals surface area (Å²) in [5.74, 6) is 0.895. The van der Waals surface area contributed by atoms with Crippen molar-refractivity contribution in [2.24, 2.45) is 5.92 Å². The van der Waals surface area contributed by atoms with Crippen molar-refractivity contribution in [2.75, 3.05) is 25.0 Å². The fourth-order valence-corrected chi connectivity index (χ4v) is 3.91. The molecule has 6 nitrogen and oxygen atoms in total. The fraction of sp³-hybridized carbons (Fsp3) is 0.409. The third-order valence-corrected chi connectivity index (χ3v) is 5.35. The van der Waals surface area contributed by atoms with Crippen LogP contribution in [0, 0.1) is 5.92 Å². The maximum absolute atomic E-state index is 10.6. The molecule has 2 N–H and O–H groups in total. The molecule has 146 valence electrons. The molecule has 2 unspecified atom stereocenters. The number of hydrogen-bond acceptors (Lipinski definition) is 6. The van der Waals surface area contributed by atoms with Gasteiger partial charge in [-0.25, -0.2) is 9.97 Å². The van der Waals surface area contributed by atoms with Gasteiger partial charge in [0.15, 0.2) is 0 Å². The van der Waals surface area contributed by atoms with Gasteiger partial charge in [0.1, 0.15) is 0 Å². The zero-order chi connectivity index (χ0) is 19.3. The number of β-amino-alcohol motifs (C(OH)–C–C–N with tert-alkyl or cyclic N) is 1. The number of aliphatic hydroxyl groups excluding tert-OH is 1. The average Bonchev–Trinajstić information content (AvgIpc) is 3.06. The molecule has 4 rings (SSSR count). The first-order chi connectivity index (χ1) is 13.7. The maximum atomic E-state index is 10.6. The second-order valence-electron chi connectivity index (χ2n) is 7.55. The van der Waals surface area contributed by atoms with Crippen LogP contribution in [0.25, 0.3) is 10.9 Å². The van der Waals surface area contributed by atoms with Gasteiger partial charge in [-0.05, 0) is 30.5 Å². The molecule has 1 fully saturated rings. The number of para-hydroxylation sites is 1. The molecule has 3 heterocycles. The third kappa shape index (κ3) is 4.29. The normalized spacial score (nSPS) is 19.9. The highest BCUT2D eigenvalue weighted by Crippen LogP contribution is 2.26. The zero-order valence-electron chi connectivity index (χ0n) is 16.3. The van der Waals surface area contributed by atoms with Gasteiger partial charge in [0, 0.05) is 61.6 Å². The van der Waals surface area contributed by atoms with E-state index in [1.54, 1.807) is 0 Å². The van der Waals surface area contributed by atoms with Crippen molar-refractivity contribution in [3.63, 3.8) is 0 Å². The summed E-state index contributed by atoms with van der Waals surface area (Å²) in [4.78, 5) is 15.5. The van der Waals surface area contributed by atoms with Crippen LogP contribution < -0.4 is 5.32 Å². The van der Waals surface area contributed by atoms with Crippen LogP contribution in [-0.2, 0) is 13.0 Å². The molecule has 1 saturated heterocycles. The first kappa shape index (κ1) is 18.8. The predicted molar refractivity (Wildman–Crippen MR) is 111 cm³/mol. The Labute approximate surface area is 165 Å². The molecule has 1 aliphatic heterocycles. The van der Waals surface area contributed by atoms with Crippen molar-refractivity contribution in [3.05, 3.63) is 60.0 Å². The Morgan fingerprint density at radius 3 is 2.75 bits per heavy atom. The summed E-state index contributed by atoms with van der Waals surface area (Å²) in [6.45, 7) is 5.31. The standard InChI is InChI=1S/C22H27N5O/c1-2-8-24-22-25-11-16(12-26-22)13-27-14-18(21(28)15-27)10-17-7-9-23-20-6-4-3-5-19(17)20/h3-7,9,11-12,18,21,28H,2,8,10,13-15H2,1H3,(H,24,25,26). The minimum Gasteiger partial charge on any atom is -0.391 e. The van der Waals surface area contributed by atoms with E-state index >= 15 is 0 Å². The number of aromatic nitrogens is 3. The number of pyridine rings is 1. The monoisotopic (exact) mass is 377 g/mol. The lowest BCUT2D eigenvalue weighted by molar-refractivity contribution is 0.141. The van der Waals surface area contributed by atoms with E-state index in [-0.39, 0.29) is 12.0 Å². The summed E-state index contributed by atoms with van der Waals surface area (Å²) in [5.41, 5.74) is 3.34. The number of nitrogens with one attached hydrogen (secondary N) is 1. The van der Waals surface area contributed by atoms with Gasteiger partial charge in [0.05, 0.1) is 11.6 Å². The van der Waals surface area contributed by atoms with E-state index in [1.807, 2.05) is 36.8 Å². The average molecular weight is 377 g/mol. The van der Waals surface area contributed by atoms with Crippen molar-refractivity contribution < 1.29 is 5.11 Å². The second kappa shape index (κ2) is 8.63. The van der Waals surface area contributed by atoms with Crippen LogP contribution in [0.1, 0.15) is 24.5 Å². The quantitative estimate of drug-likeness (QED) is 0.660. The largest absolute Gasteiger partial charge is 0.391 e. The Morgan fingerprint density at radius 1 is 1.11 bits per heavy atom. The Morgan fingerprint density at radius 2 is 1.93 bits per heavy atom. The Kier molecular flexibility index (Phi) is 5.78. The van der Waals surface area contributed by atoms with Gasteiger partial charge in [0.2, 0.25) is 5.95 Å². The van der Waals surface area contributed by atoms with E-state index in [9.17, 15) is 5.11 Å². The van der Waals surface area contributed by atoms with Gasteiger partial charge >= 0.3 is 0 Å². The van der Waals surface area contributed by atoms with Crippen LogP contribution in [0.5, 0.6) is 0 Å². The smallest absolute Gasteiger partial charge is 0.222 e. The van der Waals surface area contributed by atoms with Gasteiger partial charge in [-0.15, -0.1) is 0 Å². The van der Waals surface area contributed by atoms with Crippen molar-refractivity contribution in [3.8, 4) is 0 Å². The molecular weight excluding hydrogens is 350 g/mol. The minimum atomic E-state index is -0.321. The van der Waals surface area contributed by atoms with Crippen LogP contribution in [0.15, 0.2) is 48.9 Å². The van der Waals surface area contributed by atoms with E-state index in [1.165, 1.54) is 10.9 Å². The molecule has 0 amide bonds. The number of hydrogen-bond donors (Lipinski definition) is 2. The van der Waals surface area contributed by atoms with Gasteiger partial charge in [0.25, 0.3) is 0 Å². The molecule has 1 aromatic carbocycles. The Balaban J connectivity index is 1.39. The summed E-state index contributed by atoms with van der Waals surface area (Å²) in [5, 5.41) is 15.0. The number of nitrogens with zero attached hydrogens (tertiary/aromatic N) is 4. The van der Waals surface area contributed by atoms with Crippen LogP contribution in [0.3, 0.4) is 0 Å². The summed E-state index contributed by atoms with van der Waals surface area (Å²) < 4.78 is 0. The highest BCUT2D eigenvalue weighted by molar-refractivity contribution is 5.81. The van der Waals surface area contributed by atoms with Crippen molar-refractivity contribution in [1.29, 1.82) is 0 Å². The molecule has 1 aliphatic rings. The van der Waals surface area contributed by atoms with E-state index in [2.05, 4.69) is 44.2 Å². The lowest BCUT2D eigenvalue weighted by Crippen LogP contribution is -2.21. The van der Waals surface area contributed by atoms with E-state index in [4.69, 9.17) is 0 Å². The first-order valence-electron chi connectivity index (χ1n) is 10.0. The molecular formula is C22H27N5O. The predicted octanol–water partition coefficient (Wildman–Crippen LogP) is 2.88. The number of anilines is 1. The number of rotatable bonds is 7. The van der Waals surface area contributed by atoms with Crippen molar-refractivity contribution in [1.82, 2.24) is 19.9 Å². The number of aliphatic hydroxyl groups is 1. The van der Waals surface area contributed by atoms with Crippen LogP contribution in [0.2, 0.25) is 0 Å². The molecule has 2 atom stereocenters. The topological polar surface area (TPSA) is 74.2 Å². The Hall–Kier alpha value is -2.57. The molecule has 0 radical (unpaired) electrons. The van der Waals surface area contributed by atoms with Crippen molar-refractivity contribution >= 4 is 16.9 Å². The Bertz CT molecular complexity index is 909. The third-order valence-electron chi connectivity index (χ3n) is 5.35. The van der Waals surface area contributed by atoms with Gasteiger partial charge < -0.3 is 10.4 Å². The van der Waals surface area contributed by atoms with Crippen molar-refractivity contribution in [2.45, 2.75) is 32.4 Å². The number of fused-ring (bicyclic) bond motifs is 1. The van der Waals surface area contributed by atoms with Crippen LogP contribution in [-0.4, -0.2) is 50.7 Å². The molecule has 2 aromatic heterocycles. The van der Waals surface area contributed by atoms with Gasteiger partial charge in [-0.3, -0.25) is 9.88 Å². The van der Waals surface area contributed by atoms with Crippen LogP contribution >= 0.6 is 0 Å². The number of benzene rings is 1. The molecule has 6 heteroatoms. The van der Waals surface area contributed by atoms with Gasteiger partial charge in [-0.2, -0.15) is 0 Å². The molecule has 28 heavy (non-hydrogen) atoms. The highest BCUT2D eigenvalue weighted by atomic mass is 16.3. The maximum Gasteiger partial charge on any atom is 0.222 e. The second-order valence-corrected chi connectivity index (χ2v) is 7.55. The summed E-state index contributed by atoms with van der Waals surface area (Å²) in [7, 11) is 0. The number of likely N-dealkylation sites (tertiary alicyclic amines) is 1.